The number of aromatic nitrogens is 3. The van der Waals surface area contributed by atoms with E-state index in [2.05, 4.69) is 51.5 Å². The zero-order valence-electron chi connectivity index (χ0n) is 12.8. The number of benzene rings is 1. The third-order valence-electron chi connectivity index (χ3n) is 4.07. The second kappa shape index (κ2) is 6.70. The summed E-state index contributed by atoms with van der Waals surface area (Å²) < 4.78 is 0. The molecule has 1 fully saturated rings. The van der Waals surface area contributed by atoms with Gasteiger partial charge in [0.2, 0.25) is 0 Å². The Hall–Kier alpha value is -2.21. The van der Waals surface area contributed by atoms with Crippen LogP contribution >= 0.6 is 0 Å². The fourth-order valence-corrected chi connectivity index (χ4v) is 2.99. The Morgan fingerprint density at radius 3 is 2.86 bits per heavy atom. The molecular formula is C16H21N5O. The van der Waals surface area contributed by atoms with Gasteiger partial charge in [0, 0.05) is 32.2 Å². The highest BCUT2D eigenvalue weighted by Gasteiger charge is 2.27. The van der Waals surface area contributed by atoms with Crippen molar-refractivity contribution in [3.63, 3.8) is 0 Å². The third kappa shape index (κ3) is 3.33. The largest absolute Gasteiger partial charge is 0.333 e. The SMILES string of the molecule is C[C@@H]1CN(Cc2ccccc2)CCCN1C(=O)c1cn[nH]n1. The average Bonchev–Trinajstić information content (AvgIpc) is 3.00. The molecule has 1 N–H and O–H groups in total. The number of carbonyl (C=O) groups is 1. The lowest BCUT2D eigenvalue weighted by molar-refractivity contribution is 0.0685. The van der Waals surface area contributed by atoms with Crippen LogP contribution in [0, 0.1) is 0 Å². The molecule has 6 heteroatoms. The molecule has 1 saturated heterocycles. The van der Waals surface area contributed by atoms with Gasteiger partial charge in [-0.1, -0.05) is 30.3 Å². The molecule has 116 valence electrons. The number of hydrogen-bond acceptors (Lipinski definition) is 4. The first-order valence-electron chi connectivity index (χ1n) is 7.67. The van der Waals surface area contributed by atoms with Crippen molar-refractivity contribution in [2.45, 2.75) is 25.9 Å². The summed E-state index contributed by atoms with van der Waals surface area (Å²) in [6.45, 7) is 5.66. The molecule has 2 aromatic rings. The fraction of sp³-hybridized carbons (Fsp3) is 0.438. The van der Waals surface area contributed by atoms with E-state index < -0.39 is 0 Å². The number of amides is 1. The molecule has 0 bridgehead atoms. The monoisotopic (exact) mass is 299 g/mol. The molecule has 0 aliphatic carbocycles. The minimum Gasteiger partial charge on any atom is -0.333 e. The van der Waals surface area contributed by atoms with Gasteiger partial charge in [0.1, 0.15) is 0 Å². The Labute approximate surface area is 130 Å². The average molecular weight is 299 g/mol. The first kappa shape index (κ1) is 14.7. The third-order valence-corrected chi connectivity index (χ3v) is 4.07. The van der Waals surface area contributed by atoms with Gasteiger partial charge >= 0.3 is 0 Å². The molecule has 0 radical (unpaired) electrons. The summed E-state index contributed by atoms with van der Waals surface area (Å²) in [6, 6.07) is 10.6. The van der Waals surface area contributed by atoms with E-state index in [1.54, 1.807) is 0 Å². The van der Waals surface area contributed by atoms with E-state index in [1.165, 1.54) is 11.8 Å². The van der Waals surface area contributed by atoms with Crippen LogP contribution in [0.2, 0.25) is 0 Å². The van der Waals surface area contributed by atoms with Crippen molar-refractivity contribution >= 4 is 5.91 Å². The van der Waals surface area contributed by atoms with Gasteiger partial charge in [0.15, 0.2) is 5.69 Å². The fourth-order valence-electron chi connectivity index (χ4n) is 2.99. The first-order chi connectivity index (χ1) is 10.7. The quantitative estimate of drug-likeness (QED) is 0.933. The lowest BCUT2D eigenvalue weighted by atomic mass is 10.2. The van der Waals surface area contributed by atoms with Crippen molar-refractivity contribution in [2.24, 2.45) is 0 Å². The smallest absolute Gasteiger partial charge is 0.276 e. The summed E-state index contributed by atoms with van der Waals surface area (Å²) in [7, 11) is 0. The van der Waals surface area contributed by atoms with Crippen molar-refractivity contribution < 1.29 is 4.79 Å². The summed E-state index contributed by atoms with van der Waals surface area (Å²) in [6.07, 6.45) is 2.46. The number of hydrogen-bond donors (Lipinski definition) is 1. The second-order valence-corrected chi connectivity index (χ2v) is 5.78. The summed E-state index contributed by atoms with van der Waals surface area (Å²) in [4.78, 5) is 16.8. The predicted octanol–water partition coefficient (Wildman–Crippen LogP) is 1.54. The van der Waals surface area contributed by atoms with E-state index >= 15 is 0 Å². The molecule has 1 aliphatic rings. The van der Waals surface area contributed by atoms with E-state index in [1.807, 2.05) is 11.0 Å². The molecule has 3 rings (SSSR count). The van der Waals surface area contributed by atoms with E-state index in [0.717, 1.165) is 32.6 Å². The van der Waals surface area contributed by atoms with Gasteiger partial charge in [-0.25, -0.2) is 0 Å². The van der Waals surface area contributed by atoms with Crippen molar-refractivity contribution in [3.05, 3.63) is 47.8 Å². The molecule has 6 nitrogen and oxygen atoms in total. The van der Waals surface area contributed by atoms with Crippen molar-refractivity contribution in [2.75, 3.05) is 19.6 Å². The van der Waals surface area contributed by atoms with Gasteiger partial charge in [-0.2, -0.15) is 15.4 Å². The Bertz CT molecular complexity index is 598. The van der Waals surface area contributed by atoms with E-state index in [0.29, 0.717) is 5.69 Å². The molecule has 0 saturated carbocycles. The summed E-state index contributed by atoms with van der Waals surface area (Å²) in [5.41, 5.74) is 1.70. The highest BCUT2D eigenvalue weighted by atomic mass is 16.2. The van der Waals surface area contributed by atoms with Crippen LogP contribution in [-0.2, 0) is 6.54 Å². The lowest BCUT2D eigenvalue weighted by Gasteiger charge is -2.28. The molecule has 22 heavy (non-hydrogen) atoms. The molecular weight excluding hydrogens is 278 g/mol. The number of nitrogens with one attached hydrogen (secondary N) is 1. The molecule has 1 atom stereocenters. The molecule has 1 amide bonds. The van der Waals surface area contributed by atoms with Crippen molar-refractivity contribution in [1.29, 1.82) is 0 Å². The molecule has 1 aromatic carbocycles. The zero-order chi connectivity index (χ0) is 15.4. The normalized spacial score (nSPS) is 19.9. The molecule has 1 aliphatic heterocycles. The number of carbonyl (C=O) groups excluding carboxylic acids is 1. The highest BCUT2D eigenvalue weighted by Crippen LogP contribution is 2.15. The Kier molecular flexibility index (Phi) is 4.48. The zero-order valence-corrected chi connectivity index (χ0v) is 12.8. The maximum atomic E-state index is 12.5. The number of H-pyrrole nitrogens is 1. The maximum Gasteiger partial charge on any atom is 0.276 e. The van der Waals surface area contributed by atoms with Crippen LogP contribution in [-0.4, -0.2) is 56.8 Å². The summed E-state index contributed by atoms with van der Waals surface area (Å²) in [5.74, 6) is -0.0391. The van der Waals surface area contributed by atoms with Crippen LogP contribution in [0.1, 0.15) is 29.4 Å². The van der Waals surface area contributed by atoms with E-state index in [4.69, 9.17) is 0 Å². The topological polar surface area (TPSA) is 65.1 Å². The van der Waals surface area contributed by atoms with Crippen molar-refractivity contribution in [3.8, 4) is 0 Å². The van der Waals surface area contributed by atoms with Gasteiger partial charge in [-0.15, -0.1) is 0 Å². The Morgan fingerprint density at radius 2 is 2.14 bits per heavy atom. The molecule has 1 aromatic heterocycles. The van der Waals surface area contributed by atoms with Crippen LogP contribution in [0.5, 0.6) is 0 Å². The number of aromatic amines is 1. The van der Waals surface area contributed by atoms with Crippen LogP contribution in [0.4, 0.5) is 0 Å². The minimum atomic E-state index is -0.0391. The molecule has 0 spiro atoms. The highest BCUT2D eigenvalue weighted by molar-refractivity contribution is 5.92. The predicted molar refractivity (Wildman–Crippen MR) is 83.2 cm³/mol. The summed E-state index contributed by atoms with van der Waals surface area (Å²) >= 11 is 0. The van der Waals surface area contributed by atoms with Crippen LogP contribution in [0.25, 0.3) is 0 Å². The van der Waals surface area contributed by atoms with Gasteiger partial charge < -0.3 is 4.90 Å². The van der Waals surface area contributed by atoms with Gasteiger partial charge in [0.25, 0.3) is 5.91 Å². The van der Waals surface area contributed by atoms with Crippen molar-refractivity contribution in [1.82, 2.24) is 25.2 Å². The van der Waals surface area contributed by atoms with Crippen LogP contribution in [0.15, 0.2) is 36.5 Å². The van der Waals surface area contributed by atoms with Gasteiger partial charge in [-0.05, 0) is 18.9 Å². The van der Waals surface area contributed by atoms with Gasteiger partial charge in [0.05, 0.1) is 6.20 Å². The first-order valence-corrected chi connectivity index (χ1v) is 7.67. The van der Waals surface area contributed by atoms with E-state index in [-0.39, 0.29) is 11.9 Å². The van der Waals surface area contributed by atoms with Gasteiger partial charge in [-0.3, -0.25) is 9.69 Å². The summed E-state index contributed by atoms with van der Waals surface area (Å²) in [5, 5.41) is 10.1. The lowest BCUT2D eigenvalue weighted by Crippen LogP contribution is -2.42. The standard InChI is InChI=1S/C16H21N5O/c1-13-11-20(12-14-6-3-2-4-7-14)8-5-9-21(13)16(22)15-10-17-19-18-15/h2-4,6-7,10,13H,5,8-9,11-12H2,1H3,(H,17,18,19)/t13-/m1/s1. The minimum absolute atomic E-state index is 0.0391. The molecule has 2 heterocycles. The number of nitrogens with zero attached hydrogens (tertiary/aromatic N) is 4. The van der Waals surface area contributed by atoms with Crippen LogP contribution in [0.3, 0.4) is 0 Å². The Morgan fingerprint density at radius 1 is 1.32 bits per heavy atom. The number of rotatable bonds is 3. The molecule has 0 unspecified atom stereocenters. The maximum absolute atomic E-state index is 12.5. The second-order valence-electron chi connectivity index (χ2n) is 5.78. The Balaban J connectivity index is 1.65. The van der Waals surface area contributed by atoms with E-state index in [9.17, 15) is 4.79 Å². The van der Waals surface area contributed by atoms with Crippen LogP contribution < -0.4 is 0 Å².